The summed E-state index contributed by atoms with van der Waals surface area (Å²) in [6.07, 6.45) is 37.0. The van der Waals surface area contributed by atoms with E-state index in [0.717, 1.165) is 38.5 Å². The fraction of sp³-hybridized carbons (Fsp3) is 0.833. The van der Waals surface area contributed by atoms with E-state index in [4.69, 9.17) is 10.5 Å². The Bertz CT molecular complexity index is 718. The summed E-state index contributed by atoms with van der Waals surface area (Å²) in [6.45, 7) is 4.57. The topological polar surface area (TPSA) is 93.1 Å². The quantitative estimate of drug-likeness (QED) is 0.0426. The van der Waals surface area contributed by atoms with E-state index in [9.17, 15) is 9.59 Å². The molecule has 6 heteroatoms. The minimum Gasteiger partial charge on any atom is -0.301 e. The van der Waals surface area contributed by atoms with Gasteiger partial charge in [0.25, 0.3) is 0 Å². The Kier molecular flexibility index (Phi) is 24.6. The van der Waals surface area contributed by atoms with Gasteiger partial charge in [0.15, 0.2) is 0 Å². The summed E-state index contributed by atoms with van der Waals surface area (Å²) in [5.74, 6) is 1.62. The van der Waals surface area contributed by atoms with Gasteiger partial charge < -0.3 is 9.78 Å². The highest BCUT2D eigenvalue weighted by Crippen LogP contribution is 2.43. The van der Waals surface area contributed by atoms with Gasteiger partial charge in [-0.15, -0.1) is 0 Å². The van der Waals surface area contributed by atoms with Crippen LogP contribution in [0.15, 0.2) is 24.3 Å². The molecule has 0 saturated carbocycles. The van der Waals surface area contributed by atoms with Gasteiger partial charge in [0, 0.05) is 12.8 Å². The monoisotopic (exact) mass is 592 g/mol. The van der Waals surface area contributed by atoms with Crippen molar-refractivity contribution in [1.29, 1.82) is 0 Å². The van der Waals surface area contributed by atoms with E-state index in [1.807, 2.05) is 0 Å². The lowest BCUT2D eigenvalue weighted by Gasteiger charge is -2.39. The van der Waals surface area contributed by atoms with Gasteiger partial charge in [0.05, 0.1) is 0 Å². The molecule has 0 aromatic rings. The van der Waals surface area contributed by atoms with E-state index >= 15 is 0 Å². The fourth-order valence-electron chi connectivity index (χ4n) is 6.65. The van der Waals surface area contributed by atoms with Crippen LogP contribution in [0.1, 0.15) is 168 Å². The molecular weight excluding hydrogens is 528 g/mol. The molecule has 0 aliphatic heterocycles. The molecule has 1 aliphatic carbocycles. The van der Waals surface area contributed by atoms with Crippen LogP contribution in [0.5, 0.6) is 0 Å². The second-order valence-electron chi connectivity index (χ2n) is 12.6. The van der Waals surface area contributed by atoms with Gasteiger partial charge in [-0.25, -0.2) is 9.59 Å². The van der Waals surface area contributed by atoms with E-state index in [0.29, 0.717) is 36.5 Å². The standard InChI is InChI=1S/C36H64O6/c1-3-5-7-12-19-25-33-31(23-17-6-4-2)29-30-32(24-18-13-8-10-15-21-27-35(37)41-39)34(33)26-20-14-9-11-16-22-28-36(38)42-40/h19,25,29-34,39-40H,3-18,20-24,26-28H2,1-2H3. The van der Waals surface area contributed by atoms with Gasteiger partial charge in [-0.05, 0) is 68.6 Å². The van der Waals surface area contributed by atoms with Gasteiger partial charge >= 0.3 is 11.9 Å². The Morgan fingerprint density at radius 1 is 0.595 bits per heavy atom. The van der Waals surface area contributed by atoms with E-state index in [-0.39, 0.29) is 0 Å². The zero-order valence-corrected chi connectivity index (χ0v) is 27.1. The third-order valence-corrected chi connectivity index (χ3v) is 9.16. The van der Waals surface area contributed by atoms with Crippen LogP contribution in [-0.4, -0.2) is 22.5 Å². The Morgan fingerprint density at radius 3 is 1.62 bits per heavy atom. The van der Waals surface area contributed by atoms with Crippen LogP contribution in [0.2, 0.25) is 0 Å². The number of carbonyl (C=O) groups excluding carboxylic acids is 2. The molecule has 0 heterocycles. The average Bonchev–Trinajstić information content (AvgIpc) is 3.00. The lowest BCUT2D eigenvalue weighted by molar-refractivity contribution is -0.234. The lowest BCUT2D eigenvalue weighted by atomic mass is 9.66. The number of rotatable bonds is 27. The van der Waals surface area contributed by atoms with Crippen molar-refractivity contribution < 1.29 is 29.9 Å². The molecule has 1 rings (SSSR count). The highest BCUT2D eigenvalue weighted by atomic mass is 17.1. The number of hydrogen-bond acceptors (Lipinski definition) is 6. The first-order valence-corrected chi connectivity index (χ1v) is 17.6. The average molecular weight is 593 g/mol. The molecule has 0 saturated heterocycles. The summed E-state index contributed by atoms with van der Waals surface area (Å²) < 4.78 is 0. The molecule has 2 N–H and O–H groups in total. The van der Waals surface area contributed by atoms with Crippen molar-refractivity contribution in [2.75, 3.05) is 0 Å². The molecule has 0 radical (unpaired) electrons. The van der Waals surface area contributed by atoms with Gasteiger partial charge in [-0.2, -0.15) is 10.5 Å². The summed E-state index contributed by atoms with van der Waals surface area (Å²) in [4.78, 5) is 29.7. The van der Waals surface area contributed by atoms with Crippen LogP contribution in [0.3, 0.4) is 0 Å². The molecule has 4 unspecified atom stereocenters. The molecule has 0 aromatic carbocycles. The molecule has 1 aliphatic rings. The molecular formula is C36H64O6. The number of carbonyl (C=O) groups is 2. The van der Waals surface area contributed by atoms with E-state index in [1.165, 1.54) is 103 Å². The molecule has 42 heavy (non-hydrogen) atoms. The molecule has 0 aromatic heterocycles. The van der Waals surface area contributed by atoms with Gasteiger partial charge in [-0.3, -0.25) is 0 Å². The Morgan fingerprint density at radius 2 is 1.05 bits per heavy atom. The van der Waals surface area contributed by atoms with Crippen molar-refractivity contribution in [3.8, 4) is 0 Å². The molecule has 0 spiro atoms. The molecule has 6 nitrogen and oxygen atoms in total. The third kappa shape index (κ3) is 18.8. The fourth-order valence-corrected chi connectivity index (χ4v) is 6.65. The van der Waals surface area contributed by atoms with E-state index < -0.39 is 11.9 Å². The van der Waals surface area contributed by atoms with Crippen LogP contribution in [-0.2, 0) is 19.4 Å². The molecule has 4 atom stereocenters. The SMILES string of the molecule is CCCCCC=CC1C(CCCCC)C=CC(CCCCCCCCC(=O)OO)C1CCCCCCCCC(=O)OO. The minimum absolute atomic E-state index is 0.302. The van der Waals surface area contributed by atoms with Crippen LogP contribution >= 0.6 is 0 Å². The van der Waals surface area contributed by atoms with Gasteiger partial charge in [0.2, 0.25) is 0 Å². The summed E-state index contributed by atoms with van der Waals surface area (Å²) in [5.41, 5.74) is 0. The summed E-state index contributed by atoms with van der Waals surface area (Å²) in [6, 6.07) is 0. The largest absolute Gasteiger partial charge is 0.342 e. The van der Waals surface area contributed by atoms with Crippen LogP contribution in [0.25, 0.3) is 0 Å². The predicted molar refractivity (Wildman–Crippen MR) is 172 cm³/mol. The van der Waals surface area contributed by atoms with Crippen LogP contribution in [0.4, 0.5) is 0 Å². The summed E-state index contributed by atoms with van der Waals surface area (Å²) >= 11 is 0. The normalized spacial score (nSPS) is 20.3. The van der Waals surface area contributed by atoms with Crippen molar-refractivity contribution in [3.05, 3.63) is 24.3 Å². The van der Waals surface area contributed by atoms with Crippen molar-refractivity contribution in [2.24, 2.45) is 23.7 Å². The number of unbranched alkanes of at least 4 members (excludes halogenated alkanes) is 15. The van der Waals surface area contributed by atoms with E-state index in [2.05, 4.69) is 47.9 Å². The predicted octanol–water partition coefficient (Wildman–Crippen LogP) is 11.0. The Labute approximate surface area is 257 Å². The van der Waals surface area contributed by atoms with Crippen molar-refractivity contribution in [1.82, 2.24) is 0 Å². The van der Waals surface area contributed by atoms with Gasteiger partial charge in [-0.1, -0.05) is 134 Å². The summed E-state index contributed by atoms with van der Waals surface area (Å²) in [5, 5.41) is 16.8. The maximum Gasteiger partial charge on any atom is 0.342 e. The van der Waals surface area contributed by atoms with E-state index in [1.54, 1.807) is 0 Å². The highest BCUT2D eigenvalue weighted by Gasteiger charge is 2.33. The Hall–Kier alpha value is -1.66. The molecule has 0 bridgehead atoms. The third-order valence-electron chi connectivity index (χ3n) is 9.16. The summed E-state index contributed by atoms with van der Waals surface area (Å²) in [7, 11) is 0. The molecule has 0 amide bonds. The molecule has 0 fully saturated rings. The van der Waals surface area contributed by atoms with Crippen LogP contribution in [0, 0.1) is 23.7 Å². The lowest BCUT2D eigenvalue weighted by Crippen LogP contribution is -2.30. The second kappa shape index (κ2) is 26.9. The zero-order valence-electron chi connectivity index (χ0n) is 27.1. The second-order valence-corrected chi connectivity index (χ2v) is 12.6. The van der Waals surface area contributed by atoms with Crippen molar-refractivity contribution in [3.63, 3.8) is 0 Å². The highest BCUT2D eigenvalue weighted by molar-refractivity contribution is 5.68. The smallest absolute Gasteiger partial charge is 0.301 e. The zero-order chi connectivity index (χ0) is 30.7. The number of allylic oxidation sites excluding steroid dienone is 4. The van der Waals surface area contributed by atoms with Gasteiger partial charge in [0.1, 0.15) is 0 Å². The maximum atomic E-state index is 11.1. The van der Waals surface area contributed by atoms with Crippen LogP contribution < -0.4 is 0 Å². The first-order valence-electron chi connectivity index (χ1n) is 17.6. The van der Waals surface area contributed by atoms with Crippen molar-refractivity contribution >= 4 is 11.9 Å². The first kappa shape index (κ1) is 38.4. The first-order chi connectivity index (χ1) is 20.6. The Balaban J connectivity index is 2.69. The minimum atomic E-state index is -0.531. The van der Waals surface area contributed by atoms with Crippen molar-refractivity contribution in [2.45, 2.75) is 168 Å². The maximum absolute atomic E-state index is 11.1. The number of hydrogen-bond donors (Lipinski definition) is 2. The molecule has 244 valence electrons.